The summed E-state index contributed by atoms with van der Waals surface area (Å²) in [4.78, 5) is 15.2. The topological polar surface area (TPSA) is 96.4 Å². The lowest BCUT2D eigenvalue weighted by atomic mass is 10.2. The van der Waals surface area contributed by atoms with Crippen molar-refractivity contribution in [2.75, 3.05) is 0 Å². The van der Waals surface area contributed by atoms with Crippen LogP contribution in [0.1, 0.15) is 16.0 Å². The molecule has 2 atom stereocenters. The number of rotatable bonds is 3. The number of aromatic nitrogens is 1. The lowest BCUT2D eigenvalue weighted by Crippen LogP contribution is -2.33. The molecule has 0 bridgehead atoms. The molecule has 0 radical (unpaired) electrons. The smallest absolute Gasteiger partial charge is 0.249 e. The van der Waals surface area contributed by atoms with E-state index in [4.69, 9.17) is 10.8 Å². The number of amides is 1. The Labute approximate surface area is 78.8 Å². The number of nitrogens with two attached hydrogens (primary N) is 1. The van der Waals surface area contributed by atoms with Crippen LogP contribution in [-0.4, -0.2) is 27.2 Å². The number of aliphatic hydroxyl groups excluding tert-OH is 2. The van der Waals surface area contributed by atoms with Gasteiger partial charge in [0.05, 0.1) is 0 Å². The van der Waals surface area contributed by atoms with Crippen LogP contribution in [0.3, 0.4) is 0 Å². The molecule has 0 aromatic carbocycles. The van der Waals surface area contributed by atoms with Crippen LogP contribution in [-0.2, 0) is 4.79 Å². The van der Waals surface area contributed by atoms with Gasteiger partial charge in [-0.2, -0.15) is 0 Å². The highest BCUT2D eigenvalue weighted by Crippen LogP contribution is 2.21. The fourth-order valence-electron chi connectivity index (χ4n) is 0.800. The van der Waals surface area contributed by atoms with Crippen molar-refractivity contribution < 1.29 is 15.0 Å². The van der Waals surface area contributed by atoms with Crippen molar-refractivity contribution in [1.82, 2.24) is 4.98 Å². The number of primary amides is 1. The summed E-state index contributed by atoms with van der Waals surface area (Å²) in [6.07, 6.45) is -1.36. The monoisotopic (exact) mass is 202 g/mol. The standard InChI is InChI=1S/C7H10N2O3S/c1-3-2-9-7(13-3)5(11)4(10)6(8)12/h2,4-5,10-11H,1H3,(H2,8,12). The van der Waals surface area contributed by atoms with Crippen LogP contribution in [0.15, 0.2) is 6.20 Å². The summed E-state index contributed by atoms with van der Waals surface area (Å²) in [5, 5.41) is 18.8. The highest BCUT2D eigenvalue weighted by atomic mass is 32.1. The van der Waals surface area contributed by atoms with Crippen molar-refractivity contribution in [3.63, 3.8) is 0 Å². The van der Waals surface area contributed by atoms with Gasteiger partial charge in [0.25, 0.3) is 0 Å². The van der Waals surface area contributed by atoms with Gasteiger partial charge in [0.2, 0.25) is 5.91 Å². The molecule has 0 aliphatic rings. The van der Waals surface area contributed by atoms with E-state index in [0.717, 1.165) is 4.88 Å². The average Bonchev–Trinajstić information content (AvgIpc) is 2.49. The molecule has 5 nitrogen and oxygen atoms in total. The van der Waals surface area contributed by atoms with Gasteiger partial charge in [-0.25, -0.2) is 4.98 Å². The highest BCUT2D eigenvalue weighted by molar-refractivity contribution is 7.11. The Hall–Kier alpha value is -0.980. The minimum Gasteiger partial charge on any atom is -0.383 e. The average molecular weight is 202 g/mol. The quantitative estimate of drug-likeness (QED) is 0.605. The molecule has 1 rings (SSSR count). The van der Waals surface area contributed by atoms with Crippen molar-refractivity contribution in [1.29, 1.82) is 0 Å². The molecule has 6 heteroatoms. The van der Waals surface area contributed by atoms with Gasteiger partial charge >= 0.3 is 0 Å². The molecular formula is C7H10N2O3S. The molecule has 13 heavy (non-hydrogen) atoms. The Balaban J connectivity index is 2.78. The van der Waals surface area contributed by atoms with E-state index in [1.807, 2.05) is 6.92 Å². The van der Waals surface area contributed by atoms with Crippen molar-refractivity contribution in [2.45, 2.75) is 19.1 Å². The van der Waals surface area contributed by atoms with E-state index < -0.39 is 18.1 Å². The van der Waals surface area contributed by atoms with Gasteiger partial charge in [-0.3, -0.25) is 4.79 Å². The van der Waals surface area contributed by atoms with E-state index >= 15 is 0 Å². The summed E-state index contributed by atoms with van der Waals surface area (Å²) in [6.45, 7) is 1.81. The number of aryl methyl sites for hydroxylation is 1. The third-order valence-electron chi connectivity index (χ3n) is 1.48. The summed E-state index contributed by atoms with van der Waals surface area (Å²) >= 11 is 1.21. The summed E-state index contributed by atoms with van der Waals surface area (Å²) in [7, 11) is 0. The van der Waals surface area contributed by atoms with Gasteiger partial charge in [0.1, 0.15) is 11.1 Å². The second-order valence-electron chi connectivity index (χ2n) is 2.60. The maximum absolute atomic E-state index is 10.5. The Kier molecular flexibility index (Phi) is 2.97. The predicted molar refractivity (Wildman–Crippen MR) is 47.0 cm³/mol. The van der Waals surface area contributed by atoms with Gasteiger partial charge in [-0.05, 0) is 6.92 Å². The third-order valence-corrected chi connectivity index (χ3v) is 2.47. The van der Waals surface area contributed by atoms with Gasteiger partial charge in [0, 0.05) is 11.1 Å². The molecule has 2 unspecified atom stereocenters. The molecule has 0 saturated carbocycles. The maximum atomic E-state index is 10.5. The zero-order valence-electron chi connectivity index (χ0n) is 6.97. The van der Waals surface area contributed by atoms with E-state index in [0.29, 0.717) is 5.01 Å². The number of carbonyl (C=O) groups is 1. The fourth-order valence-corrected chi connectivity index (χ4v) is 1.59. The van der Waals surface area contributed by atoms with Crippen LogP contribution in [0.2, 0.25) is 0 Å². The van der Waals surface area contributed by atoms with E-state index in [2.05, 4.69) is 4.98 Å². The van der Waals surface area contributed by atoms with Gasteiger partial charge in [0.15, 0.2) is 6.10 Å². The van der Waals surface area contributed by atoms with Crippen LogP contribution >= 0.6 is 11.3 Å². The van der Waals surface area contributed by atoms with E-state index in [9.17, 15) is 9.90 Å². The van der Waals surface area contributed by atoms with Crippen LogP contribution in [0.25, 0.3) is 0 Å². The van der Waals surface area contributed by atoms with Gasteiger partial charge in [-0.1, -0.05) is 0 Å². The SMILES string of the molecule is Cc1cnc(C(O)C(O)C(N)=O)s1. The molecule has 72 valence electrons. The zero-order valence-corrected chi connectivity index (χ0v) is 7.78. The molecule has 1 amide bonds. The maximum Gasteiger partial charge on any atom is 0.249 e. The van der Waals surface area contributed by atoms with Crippen LogP contribution < -0.4 is 5.73 Å². The number of hydrogen-bond acceptors (Lipinski definition) is 5. The number of aliphatic hydroxyl groups is 2. The van der Waals surface area contributed by atoms with Crippen molar-refractivity contribution in [3.8, 4) is 0 Å². The van der Waals surface area contributed by atoms with Crippen molar-refractivity contribution in [2.24, 2.45) is 5.73 Å². The van der Waals surface area contributed by atoms with Crippen LogP contribution in [0, 0.1) is 6.92 Å². The number of thiazole rings is 1. The van der Waals surface area contributed by atoms with E-state index in [1.165, 1.54) is 11.3 Å². The normalized spacial score (nSPS) is 15.3. The molecular weight excluding hydrogens is 192 g/mol. The molecule has 0 aliphatic carbocycles. The summed E-state index contributed by atoms with van der Waals surface area (Å²) in [5.74, 6) is -0.958. The Morgan fingerprint density at radius 2 is 2.31 bits per heavy atom. The first-order valence-electron chi connectivity index (χ1n) is 3.60. The predicted octanol–water partition coefficient (Wildman–Crippen LogP) is -0.669. The molecule has 0 fully saturated rings. The van der Waals surface area contributed by atoms with Gasteiger partial charge in [-0.15, -0.1) is 11.3 Å². The largest absolute Gasteiger partial charge is 0.383 e. The molecule has 1 heterocycles. The lowest BCUT2D eigenvalue weighted by molar-refractivity contribution is -0.131. The van der Waals surface area contributed by atoms with Crippen molar-refractivity contribution in [3.05, 3.63) is 16.1 Å². The first-order chi connectivity index (χ1) is 6.02. The fraction of sp³-hybridized carbons (Fsp3) is 0.429. The Bertz CT molecular complexity index is 312. The second kappa shape index (κ2) is 3.82. The zero-order chi connectivity index (χ0) is 10.0. The van der Waals surface area contributed by atoms with Crippen LogP contribution in [0.4, 0.5) is 0 Å². The number of carbonyl (C=O) groups excluding carboxylic acids is 1. The molecule has 4 N–H and O–H groups in total. The minimum absolute atomic E-state index is 0.295. The second-order valence-corrected chi connectivity index (χ2v) is 3.87. The molecule has 0 aliphatic heterocycles. The lowest BCUT2D eigenvalue weighted by Gasteiger charge is -2.11. The number of nitrogens with zero attached hydrogens (tertiary/aromatic N) is 1. The Morgan fingerprint density at radius 3 is 2.69 bits per heavy atom. The third kappa shape index (κ3) is 2.24. The van der Waals surface area contributed by atoms with E-state index in [1.54, 1.807) is 6.20 Å². The minimum atomic E-state index is -1.59. The first-order valence-corrected chi connectivity index (χ1v) is 4.42. The molecule has 1 aromatic rings. The summed E-state index contributed by atoms with van der Waals surface area (Å²) in [6, 6.07) is 0. The summed E-state index contributed by atoms with van der Waals surface area (Å²) < 4.78 is 0. The summed E-state index contributed by atoms with van der Waals surface area (Å²) in [5.41, 5.74) is 4.81. The molecule has 0 saturated heterocycles. The first kappa shape index (κ1) is 10.1. The Morgan fingerprint density at radius 1 is 1.69 bits per heavy atom. The van der Waals surface area contributed by atoms with Crippen LogP contribution in [0.5, 0.6) is 0 Å². The highest BCUT2D eigenvalue weighted by Gasteiger charge is 2.25. The van der Waals surface area contributed by atoms with Crippen molar-refractivity contribution >= 4 is 17.2 Å². The van der Waals surface area contributed by atoms with E-state index in [-0.39, 0.29) is 0 Å². The molecule has 0 spiro atoms. The number of hydrogen-bond donors (Lipinski definition) is 3. The van der Waals surface area contributed by atoms with Gasteiger partial charge < -0.3 is 15.9 Å². The molecule has 1 aromatic heterocycles.